The van der Waals surface area contributed by atoms with E-state index < -0.39 is 29.9 Å². The molecule has 0 aliphatic carbocycles. The van der Waals surface area contributed by atoms with Crippen molar-refractivity contribution in [3.05, 3.63) is 124 Å². The Bertz CT molecular complexity index is 2130. The number of hydrogen-bond donors (Lipinski definition) is 6. The Morgan fingerprint density at radius 3 is 1.43 bits per heavy atom. The van der Waals surface area contributed by atoms with E-state index in [1.165, 1.54) is 35.5 Å². The number of nitrogens with one attached hydrogen (secondary N) is 1. The molecule has 0 saturated heterocycles. The van der Waals surface area contributed by atoms with Gasteiger partial charge in [0, 0.05) is 31.1 Å². The molecule has 0 aromatic heterocycles. The van der Waals surface area contributed by atoms with Gasteiger partial charge in [0.15, 0.2) is 0 Å². The highest BCUT2D eigenvalue weighted by Crippen LogP contribution is 2.40. The topological polar surface area (TPSA) is 208 Å². The Kier molecular flexibility index (Phi) is 23.1. The zero-order valence-corrected chi connectivity index (χ0v) is 41.4. The third-order valence-electron chi connectivity index (χ3n) is 9.06. The molecular formula is C45H69NO11P4. The number of phosphoric ester groups is 1. The molecule has 0 fully saturated rings. The Morgan fingerprint density at radius 1 is 0.623 bits per heavy atom. The molecule has 0 spiro atoms. The smallest absolute Gasteiger partial charge is 0.404 e. The van der Waals surface area contributed by atoms with E-state index >= 15 is 0 Å². The molecule has 1 unspecified atom stereocenters. The van der Waals surface area contributed by atoms with Gasteiger partial charge in [0.05, 0.1) is 12.4 Å². The fraction of sp³-hybridized carbons (Fsp3) is 0.444. The van der Waals surface area contributed by atoms with Gasteiger partial charge in [-0.2, -0.15) is 0 Å². The standard InChI is InChI=1S/C15H24NO2P.C12H19O2P.C9H13O4P.C9H13O3P/c1-12(2)13-7-9-14(10-8-13)16-15(17)6-5-11-19(3,4)18;1-9(2)12-6-5-11(7-10(12)3)8-15(4,13)14;1-7(2)8-3-5-9(6-4-8)13-14(10,11)12;1-7(2)8-3-5-9(6-4-8)13(10,11)12/h7-10,12H,5-6,11H2,1-4H3,(H,16,17);5-7,9H,8H2,1-4H3,(H,13,14);3-7H,1-2H3,(H2,10,11,12);3-7H,1-2H3,(H2,10,11,12). The number of phosphoric acid groups is 1. The van der Waals surface area contributed by atoms with E-state index in [0.717, 1.165) is 22.4 Å². The van der Waals surface area contributed by atoms with Gasteiger partial charge >= 0.3 is 15.4 Å². The molecule has 0 heterocycles. The lowest BCUT2D eigenvalue weighted by molar-refractivity contribution is -0.116. The predicted molar refractivity (Wildman–Crippen MR) is 253 cm³/mol. The molecule has 0 aliphatic rings. The van der Waals surface area contributed by atoms with Crippen LogP contribution in [-0.2, 0) is 29.2 Å². The van der Waals surface area contributed by atoms with Crippen molar-refractivity contribution < 1.29 is 52.0 Å². The van der Waals surface area contributed by atoms with Crippen molar-refractivity contribution in [2.24, 2.45) is 0 Å². The normalized spacial score (nSPS) is 12.7. The van der Waals surface area contributed by atoms with Gasteiger partial charge < -0.3 is 29.1 Å². The van der Waals surface area contributed by atoms with E-state index in [-0.39, 0.29) is 23.1 Å². The molecule has 0 aliphatic heterocycles. The number of hydrogen-bond acceptors (Lipinski definition) is 6. The Labute approximate surface area is 364 Å². The van der Waals surface area contributed by atoms with Crippen molar-refractivity contribution >= 4 is 46.8 Å². The first-order chi connectivity index (χ1) is 27.9. The van der Waals surface area contributed by atoms with Crippen LogP contribution in [-0.4, -0.2) is 56.5 Å². The largest absolute Gasteiger partial charge is 0.524 e. The van der Waals surface area contributed by atoms with Crippen molar-refractivity contribution in [1.82, 2.24) is 0 Å². The minimum atomic E-state index is -4.43. The first-order valence-corrected chi connectivity index (χ1v) is 28.4. The van der Waals surface area contributed by atoms with Gasteiger partial charge in [0.2, 0.25) is 13.3 Å². The number of amides is 1. The summed E-state index contributed by atoms with van der Waals surface area (Å²) in [4.78, 5) is 55.7. The van der Waals surface area contributed by atoms with Crippen molar-refractivity contribution in [3.8, 4) is 5.75 Å². The number of carbonyl (C=O) groups excluding carboxylic acids is 1. The molecule has 0 radical (unpaired) electrons. The van der Waals surface area contributed by atoms with Crippen LogP contribution in [0.1, 0.15) is 125 Å². The molecule has 0 saturated carbocycles. The first-order valence-electron chi connectivity index (χ1n) is 20.2. The summed E-state index contributed by atoms with van der Waals surface area (Å²) in [5.74, 6) is 1.94. The summed E-state index contributed by atoms with van der Waals surface area (Å²) in [5, 5.41) is 2.95. The lowest BCUT2D eigenvalue weighted by Crippen LogP contribution is -2.11. The van der Waals surface area contributed by atoms with Gasteiger partial charge in [-0.15, -0.1) is 0 Å². The second kappa shape index (κ2) is 25.2. The van der Waals surface area contributed by atoms with Crippen LogP contribution in [0, 0.1) is 6.92 Å². The average molecular weight is 924 g/mol. The Hall–Kier alpha value is -3.13. The molecule has 16 heteroatoms. The summed E-state index contributed by atoms with van der Waals surface area (Å²) < 4.78 is 48.5. The molecule has 61 heavy (non-hydrogen) atoms. The second-order valence-corrected chi connectivity index (χ2v) is 25.7. The van der Waals surface area contributed by atoms with Gasteiger partial charge in [-0.05, 0) is 120 Å². The molecule has 340 valence electrons. The third-order valence-corrected chi connectivity index (χ3v) is 12.8. The maximum atomic E-state index is 11.7. The van der Waals surface area contributed by atoms with Crippen molar-refractivity contribution in [2.45, 2.75) is 105 Å². The molecule has 4 rings (SSSR count). The van der Waals surface area contributed by atoms with Crippen LogP contribution < -0.4 is 15.1 Å². The molecule has 6 N–H and O–H groups in total. The summed E-state index contributed by atoms with van der Waals surface area (Å²) >= 11 is 0. The monoisotopic (exact) mass is 923 g/mol. The van der Waals surface area contributed by atoms with E-state index in [1.54, 1.807) is 49.7 Å². The van der Waals surface area contributed by atoms with Crippen LogP contribution in [0.15, 0.2) is 91.0 Å². The van der Waals surface area contributed by atoms with Crippen LogP contribution in [0.25, 0.3) is 0 Å². The van der Waals surface area contributed by atoms with Crippen molar-refractivity contribution in [2.75, 3.05) is 31.5 Å². The molecule has 0 bridgehead atoms. The van der Waals surface area contributed by atoms with Gasteiger partial charge in [-0.1, -0.05) is 110 Å². The summed E-state index contributed by atoms with van der Waals surface area (Å²) in [6.45, 7) is 23.7. The van der Waals surface area contributed by atoms with Crippen LogP contribution >= 0.6 is 29.9 Å². The van der Waals surface area contributed by atoms with Crippen LogP contribution in [0.2, 0.25) is 0 Å². The van der Waals surface area contributed by atoms with E-state index in [1.807, 2.05) is 64.1 Å². The molecule has 4 aromatic carbocycles. The summed E-state index contributed by atoms with van der Waals surface area (Å²) in [6, 6.07) is 27.1. The minimum absolute atomic E-state index is 0.00857. The molecular weight excluding hydrogens is 854 g/mol. The SMILES string of the molecule is CC(C)c1ccc(NC(=O)CCCP(C)(C)=O)cc1.CC(C)c1ccc(OP(=O)(O)O)cc1.CC(C)c1ccc(P(=O)(O)O)cc1.Cc1cc(CP(C)(=O)O)ccc1C(C)C. The number of benzene rings is 4. The van der Waals surface area contributed by atoms with Gasteiger partial charge in [-0.25, -0.2) is 4.57 Å². The fourth-order valence-corrected chi connectivity index (χ4v) is 8.45. The summed E-state index contributed by atoms with van der Waals surface area (Å²) in [7, 11) is -13.4. The van der Waals surface area contributed by atoms with E-state index in [0.29, 0.717) is 42.7 Å². The van der Waals surface area contributed by atoms with E-state index in [4.69, 9.17) is 19.6 Å². The van der Waals surface area contributed by atoms with Gasteiger partial charge in [0.1, 0.15) is 5.75 Å². The Morgan fingerprint density at radius 2 is 1.07 bits per heavy atom. The maximum absolute atomic E-state index is 11.7. The number of rotatable bonds is 14. The van der Waals surface area contributed by atoms with Crippen LogP contribution in [0.5, 0.6) is 5.75 Å². The zero-order valence-electron chi connectivity index (χ0n) is 37.8. The number of carbonyl (C=O) groups is 1. The van der Waals surface area contributed by atoms with Gasteiger partial charge in [-0.3, -0.25) is 23.7 Å². The van der Waals surface area contributed by atoms with Crippen molar-refractivity contribution in [1.29, 1.82) is 0 Å². The maximum Gasteiger partial charge on any atom is 0.524 e. The summed E-state index contributed by atoms with van der Waals surface area (Å²) in [6.07, 6.45) is 2.01. The fourth-order valence-electron chi connectivity index (χ4n) is 5.72. The molecule has 12 nitrogen and oxygen atoms in total. The van der Waals surface area contributed by atoms with Crippen LogP contribution in [0.3, 0.4) is 0 Å². The zero-order chi connectivity index (χ0) is 46.9. The third kappa shape index (κ3) is 24.9. The lowest BCUT2D eigenvalue weighted by atomic mass is 9.97. The highest BCUT2D eigenvalue weighted by atomic mass is 31.2. The first kappa shape index (κ1) is 55.9. The highest BCUT2D eigenvalue weighted by Gasteiger charge is 2.17. The predicted octanol–water partition coefficient (Wildman–Crippen LogP) is 11.6. The Balaban J connectivity index is 0.000000411. The van der Waals surface area contributed by atoms with E-state index in [9.17, 15) is 27.9 Å². The van der Waals surface area contributed by atoms with E-state index in [2.05, 4.69) is 50.5 Å². The number of anilines is 1. The minimum Gasteiger partial charge on any atom is -0.404 e. The summed E-state index contributed by atoms with van der Waals surface area (Å²) in [5.41, 5.74) is 7.73. The van der Waals surface area contributed by atoms with Crippen LogP contribution in [0.4, 0.5) is 5.69 Å². The average Bonchev–Trinajstić information content (AvgIpc) is 3.10. The van der Waals surface area contributed by atoms with Crippen molar-refractivity contribution in [3.63, 3.8) is 0 Å². The second-order valence-electron chi connectivity index (χ2n) is 16.9. The molecule has 1 atom stereocenters. The number of aryl methyl sites for hydroxylation is 1. The highest BCUT2D eigenvalue weighted by molar-refractivity contribution is 7.62. The lowest BCUT2D eigenvalue weighted by Gasteiger charge is -2.12. The van der Waals surface area contributed by atoms with Gasteiger partial charge in [0.25, 0.3) is 0 Å². The molecule has 4 aromatic rings. The quantitative estimate of drug-likeness (QED) is 0.0656. The molecule has 1 amide bonds.